The number of hydrogen-bond donors (Lipinski definition) is 1. The van der Waals surface area contributed by atoms with Crippen molar-refractivity contribution in [2.24, 2.45) is 23.7 Å². The van der Waals surface area contributed by atoms with Crippen LogP contribution < -0.4 is 10.2 Å². The van der Waals surface area contributed by atoms with Gasteiger partial charge >= 0.3 is 0 Å². The number of ether oxygens (including phenoxy) is 1. The van der Waals surface area contributed by atoms with Crippen molar-refractivity contribution in [1.82, 2.24) is 10.4 Å². The summed E-state index contributed by atoms with van der Waals surface area (Å²) in [5.41, 5.74) is 5.68. The number of nitrogens with one attached hydrogen (secondary N) is 1. The number of imide groups is 1. The summed E-state index contributed by atoms with van der Waals surface area (Å²) in [6, 6.07) is 9.43. The molecule has 0 radical (unpaired) electrons. The minimum atomic E-state index is -0.283. The summed E-state index contributed by atoms with van der Waals surface area (Å²) < 4.78 is 5.55. The smallest absolute Gasteiger partial charge is 0.233 e. The van der Waals surface area contributed by atoms with Crippen molar-refractivity contribution in [1.29, 1.82) is 5.26 Å². The number of benzene rings is 1. The van der Waals surface area contributed by atoms with Gasteiger partial charge in [-0.2, -0.15) is 5.26 Å². The maximum atomic E-state index is 12.6. The number of fused-ring (bicyclic) bond motifs is 8. The fourth-order valence-corrected chi connectivity index (χ4v) is 5.17. The predicted molar refractivity (Wildman–Crippen MR) is 88.8 cm³/mol. The number of nitrogens with zero attached hydrogens (tertiary/aromatic N) is 2. The standard InChI is InChI=1S/C19H17N3O4/c1-22-18(23)13-10-8-11(14(13)19(22)24)17-15(10)16(21-26-17)9-4-2-3-5-12(9)25-7-6-20/h2-5,10-11,13-14,17,21H,7-8H2,1H3/t10-,11+,13+,14-,17-/m1/s1. The van der Waals surface area contributed by atoms with Crippen LogP contribution in [0, 0.1) is 35.0 Å². The first kappa shape index (κ1) is 15.4. The lowest BCUT2D eigenvalue weighted by Crippen LogP contribution is -2.35. The molecule has 7 nitrogen and oxygen atoms in total. The predicted octanol–water partition coefficient (Wildman–Crippen LogP) is 1.08. The van der Waals surface area contributed by atoms with Gasteiger partial charge in [0, 0.05) is 18.5 Å². The van der Waals surface area contributed by atoms with Crippen LogP contribution in [-0.2, 0) is 14.4 Å². The first-order valence-corrected chi connectivity index (χ1v) is 8.69. The second-order valence-corrected chi connectivity index (χ2v) is 7.21. The van der Waals surface area contributed by atoms with E-state index in [1.807, 2.05) is 30.3 Å². The lowest BCUT2D eigenvalue weighted by molar-refractivity contribution is -0.139. The number of para-hydroxylation sites is 1. The third kappa shape index (κ3) is 1.80. The van der Waals surface area contributed by atoms with Crippen LogP contribution in [0.25, 0.3) is 5.70 Å². The second-order valence-electron chi connectivity index (χ2n) is 7.21. The van der Waals surface area contributed by atoms with Gasteiger partial charge in [0.05, 0.1) is 17.5 Å². The van der Waals surface area contributed by atoms with E-state index in [1.54, 1.807) is 7.05 Å². The minimum Gasteiger partial charge on any atom is -0.478 e. The fraction of sp³-hybridized carbons (Fsp3) is 0.421. The Bertz CT molecular complexity index is 902. The van der Waals surface area contributed by atoms with E-state index in [-0.39, 0.29) is 48.2 Å². The topological polar surface area (TPSA) is 91.7 Å². The molecule has 1 aromatic rings. The van der Waals surface area contributed by atoms with E-state index in [0.717, 1.165) is 23.3 Å². The number of carbonyl (C=O) groups excluding carboxylic acids is 2. The van der Waals surface area contributed by atoms with E-state index in [4.69, 9.17) is 14.8 Å². The van der Waals surface area contributed by atoms with E-state index >= 15 is 0 Å². The van der Waals surface area contributed by atoms with Gasteiger partial charge in [0.1, 0.15) is 17.9 Å². The zero-order valence-corrected chi connectivity index (χ0v) is 14.1. The molecule has 26 heavy (non-hydrogen) atoms. The second kappa shape index (κ2) is 5.32. The van der Waals surface area contributed by atoms with Gasteiger partial charge in [-0.05, 0) is 30.0 Å². The van der Waals surface area contributed by atoms with E-state index in [9.17, 15) is 9.59 Å². The van der Waals surface area contributed by atoms with Gasteiger partial charge in [-0.15, -0.1) is 0 Å². The van der Waals surface area contributed by atoms with Gasteiger partial charge in [-0.25, -0.2) is 0 Å². The molecule has 1 saturated heterocycles. The average molecular weight is 351 g/mol. The summed E-state index contributed by atoms with van der Waals surface area (Å²) in [6.45, 7) is -0.0432. The Morgan fingerprint density at radius 1 is 1.31 bits per heavy atom. The van der Waals surface area contributed by atoms with Crippen molar-refractivity contribution < 1.29 is 19.2 Å². The molecule has 2 aliphatic heterocycles. The average Bonchev–Trinajstić information content (AvgIpc) is 3.38. The molecule has 2 aliphatic carbocycles. The highest BCUT2D eigenvalue weighted by atomic mass is 16.7. The Hall–Kier alpha value is -2.85. The largest absolute Gasteiger partial charge is 0.478 e. The van der Waals surface area contributed by atoms with Crippen LogP contribution in [0.3, 0.4) is 0 Å². The van der Waals surface area contributed by atoms with Gasteiger partial charge in [0.15, 0.2) is 6.61 Å². The zero-order valence-electron chi connectivity index (χ0n) is 14.1. The van der Waals surface area contributed by atoms with Crippen molar-refractivity contribution in [2.45, 2.75) is 12.5 Å². The van der Waals surface area contributed by atoms with Crippen LogP contribution in [-0.4, -0.2) is 36.5 Å². The summed E-state index contributed by atoms with van der Waals surface area (Å²) in [6.07, 6.45) is 0.607. The molecule has 0 spiro atoms. The van der Waals surface area contributed by atoms with E-state index in [0.29, 0.717) is 5.75 Å². The number of likely N-dealkylation sites (tertiary alicyclic amines) is 1. The molecule has 0 unspecified atom stereocenters. The molecule has 3 fully saturated rings. The third-order valence-electron chi connectivity index (χ3n) is 6.16. The van der Waals surface area contributed by atoms with Crippen molar-refractivity contribution in [2.75, 3.05) is 13.7 Å². The number of rotatable bonds is 3. The van der Waals surface area contributed by atoms with E-state index in [2.05, 4.69) is 5.48 Å². The highest BCUT2D eigenvalue weighted by Gasteiger charge is 2.67. The Labute approximate surface area is 150 Å². The highest BCUT2D eigenvalue weighted by Crippen LogP contribution is 2.61. The number of amides is 2. The summed E-state index contributed by atoms with van der Waals surface area (Å²) >= 11 is 0. The summed E-state index contributed by atoms with van der Waals surface area (Å²) in [7, 11) is 1.57. The van der Waals surface area contributed by atoms with Crippen LogP contribution in [0.2, 0.25) is 0 Å². The lowest BCUT2D eigenvalue weighted by Gasteiger charge is -2.26. The summed E-state index contributed by atoms with van der Waals surface area (Å²) in [4.78, 5) is 32.2. The molecule has 2 heterocycles. The number of hydrogen-bond acceptors (Lipinski definition) is 6. The molecule has 2 bridgehead atoms. The maximum absolute atomic E-state index is 12.6. The minimum absolute atomic E-state index is 0.00502. The molecule has 7 heteroatoms. The van der Waals surface area contributed by atoms with Crippen molar-refractivity contribution in [3.05, 3.63) is 35.4 Å². The van der Waals surface area contributed by atoms with Gasteiger partial charge in [-0.3, -0.25) is 24.8 Å². The fourth-order valence-electron chi connectivity index (χ4n) is 5.17. The Kier molecular flexibility index (Phi) is 3.15. The zero-order chi connectivity index (χ0) is 18.0. The molecule has 2 amide bonds. The van der Waals surface area contributed by atoms with E-state index in [1.165, 1.54) is 4.90 Å². The van der Waals surface area contributed by atoms with Gasteiger partial charge in [-0.1, -0.05) is 12.1 Å². The molecule has 5 atom stereocenters. The highest BCUT2D eigenvalue weighted by molar-refractivity contribution is 6.06. The monoisotopic (exact) mass is 351 g/mol. The number of hydroxylamine groups is 1. The van der Waals surface area contributed by atoms with Crippen molar-refractivity contribution in [3.8, 4) is 11.8 Å². The van der Waals surface area contributed by atoms with Crippen LogP contribution in [0.5, 0.6) is 5.75 Å². The Morgan fingerprint density at radius 3 is 2.88 bits per heavy atom. The SMILES string of the molecule is CN1C(=O)[C@@H]2[C@@H]3C[C@@H](C4=C(c5ccccc5OCC#N)NO[C@@H]43)[C@@H]2C1=O. The van der Waals surface area contributed by atoms with Gasteiger partial charge < -0.3 is 4.74 Å². The third-order valence-corrected chi connectivity index (χ3v) is 6.16. The number of nitriles is 1. The van der Waals surface area contributed by atoms with Gasteiger partial charge in [0.2, 0.25) is 11.8 Å². The van der Waals surface area contributed by atoms with Crippen LogP contribution in [0.4, 0.5) is 0 Å². The molecular formula is C19H17N3O4. The quantitative estimate of drug-likeness (QED) is 0.820. The molecule has 4 aliphatic rings. The molecule has 5 rings (SSSR count). The summed E-state index contributed by atoms with van der Waals surface area (Å²) in [5, 5.41) is 8.80. The first-order chi connectivity index (χ1) is 12.6. The van der Waals surface area contributed by atoms with Crippen LogP contribution in [0.15, 0.2) is 29.8 Å². The van der Waals surface area contributed by atoms with Crippen molar-refractivity contribution >= 4 is 17.5 Å². The molecule has 2 saturated carbocycles. The first-order valence-electron chi connectivity index (χ1n) is 8.69. The Morgan fingerprint density at radius 2 is 2.08 bits per heavy atom. The van der Waals surface area contributed by atoms with Crippen LogP contribution >= 0.6 is 0 Å². The van der Waals surface area contributed by atoms with Gasteiger partial charge in [0.25, 0.3) is 0 Å². The molecule has 132 valence electrons. The number of carbonyl (C=O) groups is 2. The lowest BCUT2D eigenvalue weighted by atomic mass is 9.76. The Balaban J connectivity index is 1.58. The van der Waals surface area contributed by atoms with Crippen LogP contribution in [0.1, 0.15) is 12.0 Å². The molecule has 0 aromatic heterocycles. The maximum Gasteiger partial charge on any atom is 0.233 e. The van der Waals surface area contributed by atoms with Crippen molar-refractivity contribution in [3.63, 3.8) is 0 Å². The summed E-state index contributed by atoms with van der Waals surface area (Å²) in [5.74, 6) is -0.0884. The molecule has 1 aromatic carbocycles. The molecule has 1 N–H and O–H groups in total. The normalized spacial score (nSPS) is 34.0. The molecular weight excluding hydrogens is 334 g/mol. The van der Waals surface area contributed by atoms with E-state index < -0.39 is 0 Å².